The van der Waals surface area contributed by atoms with Crippen LogP contribution in [0.2, 0.25) is 0 Å². The molecule has 0 unspecified atom stereocenters. The molecule has 2 aliphatic rings. The van der Waals surface area contributed by atoms with Gasteiger partial charge < -0.3 is 4.90 Å². The molecule has 3 aromatic heterocycles. The van der Waals surface area contributed by atoms with E-state index in [0.717, 1.165) is 6.20 Å². The van der Waals surface area contributed by atoms with Gasteiger partial charge in [0.1, 0.15) is 11.5 Å². The fraction of sp³-hybridized carbons (Fsp3) is 0.368. The van der Waals surface area contributed by atoms with Gasteiger partial charge in [-0.2, -0.15) is 10.3 Å². The molecule has 0 aromatic carbocycles. The number of carbonyl (C=O) groups is 1. The molecule has 31 heavy (non-hydrogen) atoms. The summed E-state index contributed by atoms with van der Waals surface area (Å²) in [5, 5.41) is 19.6. The third-order valence-corrected chi connectivity index (χ3v) is 5.51. The summed E-state index contributed by atoms with van der Waals surface area (Å²) in [6.07, 6.45) is 7.92. The van der Waals surface area contributed by atoms with Gasteiger partial charge in [0.05, 0.1) is 12.2 Å². The number of nitrogens with zero attached hydrogens (tertiary/aromatic N) is 9. The van der Waals surface area contributed by atoms with Crippen LogP contribution in [-0.2, 0) is 4.79 Å². The van der Waals surface area contributed by atoms with Crippen molar-refractivity contribution in [2.45, 2.75) is 25.3 Å². The molecule has 2 aliphatic heterocycles. The van der Waals surface area contributed by atoms with Crippen LogP contribution in [0.25, 0.3) is 11.5 Å². The molecule has 1 amide bonds. The molecule has 158 valence electrons. The maximum atomic E-state index is 13.6. The monoisotopic (exact) mass is 422 g/mol. The predicted octanol–water partition coefficient (Wildman–Crippen LogP) is 1.37. The first-order valence-electron chi connectivity index (χ1n) is 9.97. The molecule has 0 aliphatic carbocycles. The number of hydrogen-bond donors (Lipinski definition) is 1. The van der Waals surface area contributed by atoms with Gasteiger partial charge in [0, 0.05) is 44.0 Å². The number of rotatable bonds is 4. The second-order valence-corrected chi connectivity index (χ2v) is 7.41. The molecule has 1 fully saturated rings. The van der Waals surface area contributed by atoms with Crippen LogP contribution in [0.4, 0.5) is 10.3 Å². The summed E-state index contributed by atoms with van der Waals surface area (Å²) in [5.74, 6) is 0.322. The largest absolute Gasteiger partial charge is 0.341 e. The third-order valence-electron chi connectivity index (χ3n) is 5.51. The van der Waals surface area contributed by atoms with Crippen molar-refractivity contribution >= 4 is 18.1 Å². The summed E-state index contributed by atoms with van der Waals surface area (Å²) in [6.45, 7) is 1.27. The van der Waals surface area contributed by atoms with E-state index in [1.165, 1.54) is 11.1 Å². The highest BCUT2D eigenvalue weighted by Gasteiger charge is 2.35. The first-order chi connectivity index (χ1) is 15.2. The number of aromatic nitrogens is 7. The van der Waals surface area contributed by atoms with Crippen LogP contribution in [0.15, 0.2) is 35.8 Å². The van der Waals surface area contributed by atoms with E-state index in [-0.39, 0.29) is 17.9 Å². The van der Waals surface area contributed by atoms with Crippen LogP contribution >= 0.6 is 0 Å². The lowest BCUT2D eigenvalue weighted by molar-refractivity contribution is -0.138. The Hall–Kier alpha value is -3.83. The van der Waals surface area contributed by atoms with Crippen molar-refractivity contribution in [3.63, 3.8) is 0 Å². The SMILES string of the molecule is O=C(C1CCN(c2nccc(-c3nn[nH]n3)n2)CC1)N1N=CC[C@H]1c1cncc(F)c1. The minimum absolute atomic E-state index is 0.0517. The highest BCUT2D eigenvalue weighted by atomic mass is 19.1. The number of tetrazole rings is 1. The zero-order valence-corrected chi connectivity index (χ0v) is 16.5. The Labute approximate surface area is 176 Å². The lowest BCUT2D eigenvalue weighted by atomic mass is 9.94. The molecule has 5 heterocycles. The molecule has 1 atom stereocenters. The molecule has 0 saturated carbocycles. The summed E-state index contributed by atoms with van der Waals surface area (Å²) in [5.41, 5.74) is 1.23. The molecule has 12 heteroatoms. The summed E-state index contributed by atoms with van der Waals surface area (Å²) >= 11 is 0. The van der Waals surface area contributed by atoms with E-state index < -0.39 is 5.82 Å². The molecule has 5 rings (SSSR count). The van der Waals surface area contributed by atoms with Gasteiger partial charge in [-0.15, -0.1) is 10.2 Å². The van der Waals surface area contributed by atoms with Crippen LogP contribution < -0.4 is 4.90 Å². The lowest BCUT2D eigenvalue weighted by Gasteiger charge is -2.33. The van der Waals surface area contributed by atoms with Crippen LogP contribution in [0.1, 0.15) is 30.9 Å². The van der Waals surface area contributed by atoms with E-state index >= 15 is 0 Å². The van der Waals surface area contributed by atoms with E-state index in [1.54, 1.807) is 24.7 Å². The van der Waals surface area contributed by atoms with Crippen molar-refractivity contribution in [1.29, 1.82) is 0 Å². The van der Waals surface area contributed by atoms with Gasteiger partial charge in [0.25, 0.3) is 0 Å². The van der Waals surface area contributed by atoms with E-state index in [4.69, 9.17) is 0 Å². The summed E-state index contributed by atoms with van der Waals surface area (Å²) in [6, 6.07) is 2.81. The van der Waals surface area contributed by atoms with E-state index in [9.17, 15) is 9.18 Å². The average molecular weight is 422 g/mol. The Morgan fingerprint density at radius 1 is 1.23 bits per heavy atom. The first-order valence-corrected chi connectivity index (χ1v) is 9.97. The summed E-state index contributed by atoms with van der Waals surface area (Å²) in [7, 11) is 0. The number of aromatic amines is 1. The number of amides is 1. The Morgan fingerprint density at radius 3 is 2.87 bits per heavy atom. The van der Waals surface area contributed by atoms with Gasteiger partial charge in [0.2, 0.25) is 17.7 Å². The highest BCUT2D eigenvalue weighted by molar-refractivity contribution is 5.82. The van der Waals surface area contributed by atoms with Crippen molar-refractivity contribution in [1.82, 2.24) is 40.6 Å². The third kappa shape index (κ3) is 3.83. The second kappa shape index (κ2) is 8.13. The van der Waals surface area contributed by atoms with Crippen molar-refractivity contribution in [2.75, 3.05) is 18.0 Å². The van der Waals surface area contributed by atoms with Gasteiger partial charge in [0.15, 0.2) is 0 Å². The first kappa shape index (κ1) is 19.2. The van der Waals surface area contributed by atoms with Crippen LogP contribution in [0, 0.1) is 11.7 Å². The Kier molecular flexibility index (Phi) is 5.02. The Bertz CT molecular complexity index is 1100. The maximum absolute atomic E-state index is 13.6. The molecule has 0 radical (unpaired) electrons. The standard InChI is InChI=1S/C19H19FN10O/c20-14-9-13(10-21-11-14)16-2-6-23-30(16)18(31)12-3-7-29(8-4-12)19-22-5-1-15(24-19)17-25-27-28-26-17/h1,5-6,9-12,16H,2-4,7-8H2,(H,25,26,27,28)/t16-/m0/s1. The smallest absolute Gasteiger partial charge is 0.246 e. The van der Waals surface area contributed by atoms with Crippen molar-refractivity contribution in [3.8, 4) is 11.5 Å². The van der Waals surface area contributed by atoms with Crippen LogP contribution in [0.5, 0.6) is 0 Å². The van der Waals surface area contributed by atoms with Gasteiger partial charge in [-0.3, -0.25) is 9.78 Å². The number of halogens is 1. The quantitative estimate of drug-likeness (QED) is 0.667. The summed E-state index contributed by atoms with van der Waals surface area (Å²) < 4.78 is 13.6. The molecule has 11 nitrogen and oxygen atoms in total. The van der Waals surface area contributed by atoms with Gasteiger partial charge >= 0.3 is 0 Å². The fourth-order valence-electron chi connectivity index (χ4n) is 3.92. The Morgan fingerprint density at radius 2 is 2.10 bits per heavy atom. The van der Waals surface area contributed by atoms with Gasteiger partial charge in [-0.25, -0.2) is 19.4 Å². The normalized spacial score (nSPS) is 19.2. The van der Waals surface area contributed by atoms with Crippen LogP contribution in [-0.4, -0.2) is 65.8 Å². The molecule has 1 saturated heterocycles. The maximum Gasteiger partial charge on any atom is 0.246 e. The number of H-pyrrole nitrogens is 1. The average Bonchev–Trinajstić information content (AvgIpc) is 3.51. The van der Waals surface area contributed by atoms with Crippen LogP contribution in [0.3, 0.4) is 0 Å². The molecule has 0 bridgehead atoms. The van der Waals surface area contributed by atoms with Crippen molar-refractivity contribution < 1.29 is 9.18 Å². The minimum atomic E-state index is -0.423. The van der Waals surface area contributed by atoms with Gasteiger partial charge in [-0.05, 0) is 35.8 Å². The second-order valence-electron chi connectivity index (χ2n) is 7.41. The number of nitrogens with one attached hydrogen (secondary N) is 1. The topological polar surface area (TPSA) is 129 Å². The molecule has 1 N–H and O–H groups in total. The molecule has 3 aromatic rings. The molecule has 0 spiro atoms. The highest BCUT2D eigenvalue weighted by Crippen LogP contribution is 2.32. The fourth-order valence-corrected chi connectivity index (χ4v) is 3.92. The van der Waals surface area contributed by atoms with E-state index in [1.807, 2.05) is 4.90 Å². The van der Waals surface area contributed by atoms with E-state index in [2.05, 4.69) is 40.7 Å². The van der Waals surface area contributed by atoms with Crippen molar-refractivity contribution in [3.05, 3.63) is 42.1 Å². The zero-order valence-electron chi connectivity index (χ0n) is 16.5. The van der Waals surface area contributed by atoms with Gasteiger partial charge in [-0.1, -0.05) is 0 Å². The molecular formula is C19H19FN10O. The number of pyridine rings is 1. The number of hydrazone groups is 1. The summed E-state index contributed by atoms with van der Waals surface area (Å²) in [4.78, 5) is 27.9. The molecular weight excluding hydrogens is 403 g/mol. The number of anilines is 1. The zero-order chi connectivity index (χ0) is 21.2. The lowest BCUT2D eigenvalue weighted by Crippen LogP contribution is -2.41. The van der Waals surface area contributed by atoms with Crippen molar-refractivity contribution in [2.24, 2.45) is 11.0 Å². The predicted molar refractivity (Wildman–Crippen MR) is 107 cm³/mol. The number of hydrogen-bond acceptors (Lipinski definition) is 9. The van der Waals surface area contributed by atoms with E-state index in [0.29, 0.717) is 55.4 Å². The Balaban J connectivity index is 1.25. The number of carbonyl (C=O) groups excluding carboxylic acids is 1. The number of piperidine rings is 1. The minimum Gasteiger partial charge on any atom is -0.341 e.